The molecule has 1 N–H and O–H groups in total. The Kier molecular flexibility index (Phi) is 4.61. The number of hydrogen-bond acceptors (Lipinski definition) is 3. The van der Waals surface area contributed by atoms with Crippen molar-refractivity contribution in [2.75, 3.05) is 11.9 Å². The molecule has 0 fully saturated rings. The number of anilines is 1. The monoisotopic (exact) mass is 321 g/mol. The lowest BCUT2D eigenvalue weighted by Gasteiger charge is -2.08. The molecule has 2 aromatic carbocycles. The van der Waals surface area contributed by atoms with Gasteiger partial charge in [0.25, 0.3) is 5.91 Å². The minimum atomic E-state index is -0.199. The van der Waals surface area contributed by atoms with E-state index in [0.717, 1.165) is 17.6 Å². The largest absolute Gasteiger partial charge is 0.490 e. The fraction of sp³-hybridized carbons (Fsp3) is 0.158. The zero-order chi connectivity index (χ0) is 16.9. The van der Waals surface area contributed by atoms with Gasteiger partial charge in [0.15, 0.2) is 0 Å². The first kappa shape index (κ1) is 15.8. The number of hydrogen-bond donors (Lipinski definition) is 1. The number of nitrogens with zero attached hydrogens (tertiary/aromatic N) is 2. The summed E-state index contributed by atoms with van der Waals surface area (Å²) in [6.45, 7) is 6.79. The van der Waals surface area contributed by atoms with Crippen LogP contribution < -0.4 is 10.1 Å². The first-order valence-electron chi connectivity index (χ1n) is 7.83. The van der Waals surface area contributed by atoms with E-state index in [0.29, 0.717) is 23.9 Å². The summed E-state index contributed by atoms with van der Waals surface area (Å²) in [5, 5.41) is 2.89. The first-order chi connectivity index (χ1) is 11.7. The SMILES string of the molecule is C=CCOc1ccc(C(=O)Nc2nc3ccccc3n2CC)cc1. The molecule has 0 aliphatic carbocycles. The molecule has 5 heteroatoms. The van der Waals surface area contributed by atoms with E-state index < -0.39 is 0 Å². The van der Waals surface area contributed by atoms with E-state index in [1.165, 1.54) is 0 Å². The summed E-state index contributed by atoms with van der Waals surface area (Å²) in [6.07, 6.45) is 1.68. The summed E-state index contributed by atoms with van der Waals surface area (Å²) in [7, 11) is 0. The third kappa shape index (κ3) is 3.15. The van der Waals surface area contributed by atoms with Crippen molar-refractivity contribution in [3.8, 4) is 5.75 Å². The summed E-state index contributed by atoms with van der Waals surface area (Å²) in [5.41, 5.74) is 2.42. The molecule has 0 aliphatic heterocycles. The van der Waals surface area contributed by atoms with E-state index in [2.05, 4.69) is 16.9 Å². The predicted octanol–water partition coefficient (Wildman–Crippen LogP) is 3.87. The molecule has 24 heavy (non-hydrogen) atoms. The average molecular weight is 321 g/mol. The maximum atomic E-state index is 12.5. The number of nitrogens with one attached hydrogen (secondary N) is 1. The Morgan fingerprint density at radius 2 is 2.00 bits per heavy atom. The summed E-state index contributed by atoms with van der Waals surface area (Å²) >= 11 is 0. The van der Waals surface area contributed by atoms with Crippen molar-refractivity contribution in [1.82, 2.24) is 9.55 Å². The Labute approximate surface area is 140 Å². The van der Waals surface area contributed by atoms with Crippen LogP contribution in [0.1, 0.15) is 17.3 Å². The van der Waals surface area contributed by atoms with Crippen LogP contribution in [0.25, 0.3) is 11.0 Å². The molecular weight excluding hydrogens is 302 g/mol. The Morgan fingerprint density at radius 3 is 2.71 bits per heavy atom. The maximum Gasteiger partial charge on any atom is 0.257 e. The van der Waals surface area contributed by atoms with Crippen LogP contribution in [0.4, 0.5) is 5.95 Å². The van der Waals surface area contributed by atoms with Gasteiger partial charge in [-0.1, -0.05) is 24.8 Å². The van der Waals surface area contributed by atoms with Gasteiger partial charge in [-0.05, 0) is 43.3 Å². The zero-order valence-electron chi connectivity index (χ0n) is 13.5. The number of aromatic nitrogens is 2. The van der Waals surface area contributed by atoms with Gasteiger partial charge in [-0.25, -0.2) is 4.98 Å². The summed E-state index contributed by atoms with van der Waals surface area (Å²) in [6, 6.07) is 14.8. The number of rotatable bonds is 6. The van der Waals surface area contributed by atoms with Crippen molar-refractivity contribution in [2.24, 2.45) is 0 Å². The van der Waals surface area contributed by atoms with Gasteiger partial charge < -0.3 is 9.30 Å². The van der Waals surface area contributed by atoms with Gasteiger partial charge in [0, 0.05) is 12.1 Å². The van der Waals surface area contributed by atoms with Crippen LogP contribution >= 0.6 is 0 Å². The summed E-state index contributed by atoms with van der Waals surface area (Å²) in [4.78, 5) is 17.0. The van der Waals surface area contributed by atoms with Crippen molar-refractivity contribution in [3.63, 3.8) is 0 Å². The molecule has 5 nitrogen and oxygen atoms in total. The Bertz CT molecular complexity index is 866. The van der Waals surface area contributed by atoms with E-state index in [1.54, 1.807) is 30.3 Å². The number of benzene rings is 2. The second-order valence-corrected chi connectivity index (χ2v) is 5.25. The van der Waals surface area contributed by atoms with Crippen molar-refractivity contribution in [1.29, 1.82) is 0 Å². The van der Waals surface area contributed by atoms with E-state index in [4.69, 9.17) is 4.74 Å². The molecule has 3 rings (SSSR count). The van der Waals surface area contributed by atoms with Crippen LogP contribution in [0.15, 0.2) is 61.2 Å². The van der Waals surface area contributed by atoms with Gasteiger partial charge in [-0.2, -0.15) is 0 Å². The fourth-order valence-corrected chi connectivity index (χ4v) is 2.52. The van der Waals surface area contributed by atoms with Crippen molar-refractivity contribution in [3.05, 3.63) is 66.7 Å². The minimum Gasteiger partial charge on any atom is -0.490 e. The smallest absolute Gasteiger partial charge is 0.257 e. The molecule has 0 spiro atoms. The number of ether oxygens (including phenoxy) is 1. The Balaban J connectivity index is 1.80. The fourth-order valence-electron chi connectivity index (χ4n) is 2.52. The molecule has 0 saturated heterocycles. The third-order valence-corrected chi connectivity index (χ3v) is 3.68. The van der Waals surface area contributed by atoms with Crippen molar-refractivity contribution in [2.45, 2.75) is 13.5 Å². The molecule has 1 amide bonds. The van der Waals surface area contributed by atoms with Crippen molar-refractivity contribution >= 4 is 22.9 Å². The van der Waals surface area contributed by atoms with Gasteiger partial charge >= 0.3 is 0 Å². The topological polar surface area (TPSA) is 56.1 Å². The van der Waals surface area contributed by atoms with E-state index in [9.17, 15) is 4.79 Å². The van der Waals surface area contributed by atoms with Crippen LogP contribution in [0.5, 0.6) is 5.75 Å². The molecule has 1 heterocycles. The summed E-state index contributed by atoms with van der Waals surface area (Å²) in [5.74, 6) is 1.05. The van der Waals surface area contributed by atoms with Gasteiger partial charge in [-0.3, -0.25) is 10.1 Å². The van der Waals surface area contributed by atoms with Gasteiger partial charge in [0.1, 0.15) is 12.4 Å². The first-order valence-corrected chi connectivity index (χ1v) is 7.83. The standard InChI is InChI=1S/C19H19N3O2/c1-3-13-24-15-11-9-14(10-12-15)18(23)21-19-20-16-7-5-6-8-17(16)22(19)4-2/h3,5-12H,1,4,13H2,2H3,(H,20,21,23). The highest BCUT2D eigenvalue weighted by Gasteiger charge is 2.13. The van der Waals surface area contributed by atoms with Crippen LogP contribution in [0.3, 0.4) is 0 Å². The minimum absolute atomic E-state index is 0.199. The normalized spacial score (nSPS) is 10.5. The number of imidazole rings is 1. The molecule has 0 atom stereocenters. The lowest BCUT2D eigenvalue weighted by Crippen LogP contribution is -2.15. The lowest BCUT2D eigenvalue weighted by molar-refractivity contribution is 0.102. The molecule has 0 radical (unpaired) electrons. The number of aryl methyl sites for hydroxylation is 1. The van der Waals surface area contributed by atoms with E-state index in [-0.39, 0.29) is 5.91 Å². The van der Waals surface area contributed by atoms with Crippen LogP contribution in [0.2, 0.25) is 0 Å². The maximum absolute atomic E-state index is 12.5. The van der Waals surface area contributed by atoms with Gasteiger partial charge in [0.05, 0.1) is 11.0 Å². The number of fused-ring (bicyclic) bond motifs is 1. The molecule has 0 unspecified atom stereocenters. The highest BCUT2D eigenvalue weighted by Crippen LogP contribution is 2.20. The van der Waals surface area contributed by atoms with E-state index >= 15 is 0 Å². The number of para-hydroxylation sites is 2. The molecule has 1 aromatic heterocycles. The van der Waals surface area contributed by atoms with Crippen LogP contribution in [0, 0.1) is 0 Å². The molecular formula is C19H19N3O2. The van der Waals surface area contributed by atoms with Crippen LogP contribution in [-0.4, -0.2) is 22.1 Å². The molecule has 3 aromatic rings. The zero-order valence-corrected chi connectivity index (χ0v) is 13.5. The number of carbonyl (C=O) groups is 1. The second-order valence-electron chi connectivity index (χ2n) is 5.25. The third-order valence-electron chi connectivity index (χ3n) is 3.68. The van der Waals surface area contributed by atoms with Gasteiger partial charge in [0.2, 0.25) is 5.95 Å². The Morgan fingerprint density at radius 1 is 1.25 bits per heavy atom. The molecule has 122 valence electrons. The van der Waals surface area contributed by atoms with Gasteiger partial charge in [-0.15, -0.1) is 0 Å². The summed E-state index contributed by atoms with van der Waals surface area (Å²) < 4.78 is 7.40. The van der Waals surface area contributed by atoms with E-state index in [1.807, 2.05) is 35.8 Å². The van der Waals surface area contributed by atoms with Crippen LogP contribution in [-0.2, 0) is 6.54 Å². The second kappa shape index (κ2) is 7.00. The predicted molar refractivity (Wildman–Crippen MR) is 95.5 cm³/mol. The van der Waals surface area contributed by atoms with Crippen molar-refractivity contribution < 1.29 is 9.53 Å². The molecule has 0 aliphatic rings. The molecule has 0 bridgehead atoms. The highest BCUT2D eigenvalue weighted by molar-refractivity contribution is 6.04. The number of carbonyl (C=O) groups excluding carboxylic acids is 1. The molecule has 0 saturated carbocycles. The Hall–Kier alpha value is -3.08. The lowest BCUT2D eigenvalue weighted by atomic mass is 10.2. The highest BCUT2D eigenvalue weighted by atomic mass is 16.5. The number of amides is 1. The average Bonchev–Trinajstić information content (AvgIpc) is 2.97. The quantitative estimate of drug-likeness (QED) is 0.701.